The number of carbonyl (C=O) groups is 1. The second kappa shape index (κ2) is 10.2. The Kier molecular flexibility index (Phi) is 6.38. The first-order valence-electron chi connectivity index (χ1n) is 11.8. The van der Waals surface area contributed by atoms with E-state index in [2.05, 4.69) is 25.3 Å². The van der Waals surface area contributed by atoms with Crippen LogP contribution in [0.3, 0.4) is 0 Å². The third-order valence-corrected chi connectivity index (χ3v) is 7.10. The van der Waals surface area contributed by atoms with Crippen molar-refractivity contribution < 1.29 is 18.8 Å². The van der Waals surface area contributed by atoms with Gasteiger partial charge in [-0.05, 0) is 42.5 Å². The molecule has 0 atom stereocenters. The molecule has 0 bridgehead atoms. The molecule has 1 N–H and O–H groups in total. The molecule has 12 nitrogen and oxygen atoms in total. The molecule has 196 valence electrons. The van der Waals surface area contributed by atoms with E-state index < -0.39 is 16.6 Å². The number of halogens is 1. The maximum Gasteiger partial charge on any atom is 0.324 e. The minimum atomic E-state index is -0.561. The second-order valence-corrected chi connectivity index (χ2v) is 9.58. The smallest absolute Gasteiger partial charge is 0.324 e. The number of rotatable bonds is 6. The van der Waals surface area contributed by atoms with Gasteiger partial charge < -0.3 is 15.0 Å². The van der Waals surface area contributed by atoms with Gasteiger partial charge in [-0.15, -0.1) is 0 Å². The summed E-state index contributed by atoms with van der Waals surface area (Å²) in [6.45, 7) is 2.74. The number of morpholine rings is 1. The van der Waals surface area contributed by atoms with Crippen molar-refractivity contribution in [3.63, 3.8) is 0 Å². The van der Waals surface area contributed by atoms with Crippen molar-refractivity contribution in [2.24, 2.45) is 0 Å². The highest BCUT2D eigenvalue weighted by Crippen LogP contribution is 2.29. The predicted molar refractivity (Wildman–Crippen MR) is 142 cm³/mol. The summed E-state index contributed by atoms with van der Waals surface area (Å²) in [5.74, 6) is 0.290. The first kappa shape index (κ1) is 24.5. The Morgan fingerprint density at radius 2 is 1.85 bits per heavy atom. The SMILES string of the molecule is O=C(Nc1nc(-c2ccc(N3CCOCC3)nc2)nc2c1cnn2-c1ccc(F)cc1)c1ccc([N+](=O)[O-])s1. The third kappa shape index (κ3) is 4.89. The predicted octanol–water partition coefficient (Wildman–Crippen LogP) is 4.08. The highest BCUT2D eigenvalue weighted by molar-refractivity contribution is 7.17. The van der Waals surface area contributed by atoms with Crippen LogP contribution < -0.4 is 10.2 Å². The minimum Gasteiger partial charge on any atom is -0.378 e. The number of pyridine rings is 1. The first-order valence-corrected chi connectivity index (χ1v) is 12.6. The van der Waals surface area contributed by atoms with Crippen LogP contribution in [-0.4, -0.2) is 61.9 Å². The normalized spacial score (nSPS) is 13.5. The summed E-state index contributed by atoms with van der Waals surface area (Å²) in [6, 6.07) is 12.1. The average molecular weight is 547 g/mol. The molecule has 5 heterocycles. The topological polar surface area (TPSA) is 141 Å². The largest absolute Gasteiger partial charge is 0.378 e. The Bertz CT molecular complexity index is 1680. The number of nitrogens with one attached hydrogen (secondary N) is 1. The molecule has 0 unspecified atom stereocenters. The summed E-state index contributed by atoms with van der Waals surface area (Å²) in [7, 11) is 0. The molecule has 1 amide bonds. The Labute approximate surface area is 223 Å². The van der Waals surface area contributed by atoms with Crippen LogP contribution in [0.5, 0.6) is 0 Å². The zero-order chi connectivity index (χ0) is 26.9. The van der Waals surface area contributed by atoms with Crippen LogP contribution in [0.25, 0.3) is 28.1 Å². The number of nitro groups is 1. The van der Waals surface area contributed by atoms with Gasteiger partial charge in [0, 0.05) is 30.9 Å². The van der Waals surface area contributed by atoms with Gasteiger partial charge in [-0.2, -0.15) is 5.10 Å². The number of carbonyl (C=O) groups excluding carboxylic acids is 1. The molecule has 6 rings (SSSR count). The fourth-order valence-corrected chi connectivity index (χ4v) is 4.83. The molecule has 1 aromatic carbocycles. The van der Waals surface area contributed by atoms with Gasteiger partial charge in [0.05, 0.1) is 40.3 Å². The van der Waals surface area contributed by atoms with Crippen molar-refractivity contribution in [1.82, 2.24) is 24.7 Å². The van der Waals surface area contributed by atoms with Crippen LogP contribution in [0.4, 0.5) is 21.0 Å². The molecule has 1 fully saturated rings. The monoisotopic (exact) mass is 546 g/mol. The Morgan fingerprint density at radius 1 is 1.05 bits per heavy atom. The quantitative estimate of drug-likeness (QED) is 0.246. The standard InChI is InChI=1S/C25H19FN8O4S/c26-16-2-4-17(5-3-16)33-24-18(14-28-33)23(31-25(35)19-6-8-21(39-19)34(36)37)29-22(30-24)15-1-7-20(27-13-15)32-9-11-38-12-10-32/h1-8,13-14H,9-12H2,(H,29,30,31,35). The van der Waals surface area contributed by atoms with Crippen molar-refractivity contribution in [1.29, 1.82) is 0 Å². The van der Waals surface area contributed by atoms with Gasteiger partial charge in [-0.1, -0.05) is 11.3 Å². The lowest BCUT2D eigenvalue weighted by Gasteiger charge is -2.27. The van der Waals surface area contributed by atoms with E-state index in [-0.39, 0.29) is 21.5 Å². The molecular formula is C25H19FN8O4S. The first-order chi connectivity index (χ1) is 19.0. The molecule has 4 aromatic heterocycles. The van der Waals surface area contributed by atoms with E-state index in [0.717, 1.165) is 30.2 Å². The van der Waals surface area contributed by atoms with Crippen LogP contribution in [0.15, 0.2) is 60.9 Å². The van der Waals surface area contributed by atoms with Gasteiger partial charge >= 0.3 is 5.00 Å². The molecule has 0 radical (unpaired) electrons. The van der Waals surface area contributed by atoms with Gasteiger partial charge in [0.1, 0.15) is 17.5 Å². The van der Waals surface area contributed by atoms with E-state index in [1.165, 1.54) is 35.1 Å². The highest BCUT2D eigenvalue weighted by Gasteiger charge is 2.21. The lowest BCUT2D eigenvalue weighted by atomic mass is 10.2. The molecule has 0 saturated carbocycles. The number of thiophene rings is 1. The van der Waals surface area contributed by atoms with Crippen molar-refractivity contribution >= 4 is 44.9 Å². The van der Waals surface area contributed by atoms with E-state index in [0.29, 0.717) is 35.5 Å². The second-order valence-electron chi connectivity index (χ2n) is 8.52. The maximum atomic E-state index is 13.6. The fourth-order valence-electron chi connectivity index (χ4n) is 4.12. The summed E-state index contributed by atoms with van der Waals surface area (Å²) in [5.41, 5.74) is 1.53. The molecule has 5 aromatic rings. The van der Waals surface area contributed by atoms with Crippen molar-refractivity contribution in [2.45, 2.75) is 0 Å². The van der Waals surface area contributed by atoms with E-state index in [1.54, 1.807) is 18.3 Å². The molecule has 1 aliphatic rings. The third-order valence-electron chi connectivity index (χ3n) is 6.07. The van der Waals surface area contributed by atoms with Gasteiger partial charge in [0.25, 0.3) is 5.91 Å². The number of benzene rings is 1. The number of aromatic nitrogens is 5. The molecule has 1 aliphatic heterocycles. The molecule has 0 spiro atoms. The number of amides is 1. The van der Waals surface area contributed by atoms with E-state index in [1.807, 2.05) is 12.1 Å². The molecule has 14 heteroatoms. The maximum absolute atomic E-state index is 13.6. The fraction of sp³-hybridized carbons (Fsp3) is 0.160. The van der Waals surface area contributed by atoms with Gasteiger partial charge in [-0.25, -0.2) is 24.0 Å². The van der Waals surface area contributed by atoms with Gasteiger partial charge in [0.2, 0.25) is 0 Å². The Balaban J connectivity index is 1.41. The number of hydrogen-bond acceptors (Lipinski definition) is 10. The summed E-state index contributed by atoms with van der Waals surface area (Å²) >= 11 is 0.758. The molecule has 39 heavy (non-hydrogen) atoms. The van der Waals surface area contributed by atoms with E-state index in [9.17, 15) is 19.3 Å². The van der Waals surface area contributed by atoms with Crippen molar-refractivity contribution in [3.8, 4) is 17.1 Å². The average Bonchev–Trinajstić information content (AvgIpc) is 3.63. The minimum absolute atomic E-state index is 0.149. The molecule has 0 aliphatic carbocycles. The van der Waals surface area contributed by atoms with Crippen molar-refractivity contribution in [2.75, 3.05) is 36.5 Å². The number of anilines is 2. The summed E-state index contributed by atoms with van der Waals surface area (Å²) in [5, 5.41) is 18.5. The van der Waals surface area contributed by atoms with Crippen LogP contribution in [0, 0.1) is 15.9 Å². The van der Waals surface area contributed by atoms with Gasteiger partial charge in [-0.3, -0.25) is 14.9 Å². The van der Waals surface area contributed by atoms with Crippen LogP contribution >= 0.6 is 11.3 Å². The Hall–Kier alpha value is -4.82. The highest BCUT2D eigenvalue weighted by atomic mass is 32.1. The van der Waals surface area contributed by atoms with Crippen LogP contribution in [-0.2, 0) is 4.74 Å². The summed E-state index contributed by atoms with van der Waals surface area (Å²) < 4.78 is 20.5. The number of hydrogen-bond donors (Lipinski definition) is 1. The van der Waals surface area contributed by atoms with Gasteiger partial charge in [0.15, 0.2) is 11.5 Å². The zero-order valence-corrected chi connectivity index (χ0v) is 21.0. The Morgan fingerprint density at radius 3 is 2.54 bits per heavy atom. The number of fused-ring (bicyclic) bond motifs is 1. The number of ether oxygens (including phenoxy) is 1. The molecular weight excluding hydrogens is 527 g/mol. The zero-order valence-electron chi connectivity index (χ0n) is 20.2. The van der Waals surface area contributed by atoms with Crippen LogP contribution in [0.2, 0.25) is 0 Å². The van der Waals surface area contributed by atoms with E-state index in [4.69, 9.17) is 9.72 Å². The van der Waals surface area contributed by atoms with Crippen molar-refractivity contribution in [3.05, 3.63) is 81.7 Å². The van der Waals surface area contributed by atoms with Crippen LogP contribution in [0.1, 0.15) is 9.67 Å². The molecule has 1 saturated heterocycles. The van der Waals surface area contributed by atoms with E-state index >= 15 is 0 Å². The number of nitrogens with zero attached hydrogens (tertiary/aromatic N) is 7. The summed E-state index contributed by atoms with van der Waals surface area (Å²) in [6.07, 6.45) is 3.15. The lowest BCUT2D eigenvalue weighted by molar-refractivity contribution is -0.380. The summed E-state index contributed by atoms with van der Waals surface area (Å²) in [4.78, 5) is 39.6. The lowest BCUT2D eigenvalue weighted by Crippen LogP contribution is -2.36.